The Morgan fingerprint density at radius 1 is 1.12 bits per heavy atom. The number of ether oxygens (including phenoxy) is 2. The fourth-order valence-corrected chi connectivity index (χ4v) is 3.28. The average molecular weight is 362 g/mol. The summed E-state index contributed by atoms with van der Waals surface area (Å²) < 4.78 is 10.4. The highest BCUT2D eigenvalue weighted by Crippen LogP contribution is 2.23. The lowest BCUT2D eigenvalue weighted by atomic mass is 9.97. The number of piperidine rings is 1. The Balaban J connectivity index is 2.19. The molecule has 1 aromatic rings. The minimum absolute atomic E-state index is 0.00425. The third-order valence-corrected chi connectivity index (χ3v) is 4.92. The smallest absolute Gasteiger partial charge is 0.252 e. The Morgan fingerprint density at radius 2 is 1.73 bits per heavy atom. The Hall–Kier alpha value is -2.24. The van der Waals surface area contributed by atoms with Crippen LogP contribution in [0.2, 0.25) is 0 Å². The van der Waals surface area contributed by atoms with E-state index >= 15 is 0 Å². The van der Waals surface area contributed by atoms with Gasteiger partial charge in [0.25, 0.3) is 5.91 Å². The molecule has 1 fully saturated rings. The van der Waals surface area contributed by atoms with E-state index in [-0.39, 0.29) is 23.8 Å². The number of methoxy groups -OCH3 is 2. The van der Waals surface area contributed by atoms with Crippen LogP contribution in [-0.4, -0.2) is 49.6 Å². The zero-order chi connectivity index (χ0) is 19.3. The molecule has 6 heteroatoms. The number of carbonyl (C=O) groups is 2. The van der Waals surface area contributed by atoms with Crippen LogP contribution in [0, 0.1) is 5.92 Å². The highest BCUT2D eigenvalue weighted by Gasteiger charge is 2.32. The zero-order valence-corrected chi connectivity index (χ0v) is 16.4. The summed E-state index contributed by atoms with van der Waals surface area (Å²) in [5.41, 5.74) is 0.409. The molecule has 1 N–H and O–H groups in total. The molecule has 2 unspecified atom stereocenters. The second-order valence-electron chi connectivity index (χ2n) is 7.17. The number of hydrogen-bond donors (Lipinski definition) is 1. The average Bonchev–Trinajstić information content (AvgIpc) is 2.64. The summed E-state index contributed by atoms with van der Waals surface area (Å²) in [4.78, 5) is 27.7. The van der Waals surface area contributed by atoms with Crippen molar-refractivity contribution in [3.05, 3.63) is 23.8 Å². The van der Waals surface area contributed by atoms with Gasteiger partial charge in [-0.05, 0) is 44.2 Å². The van der Waals surface area contributed by atoms with E-state index in [9.17, 15) is 9.59 Å². The summed E-state index contributed by atoms with van der Waals surface area (Å²) in [6.07, 6.45) is 3.17. The first kappa shape index (κ1) is 20.1. The van der Waals surface area contributed by atoms with Crippen LogP contribution in [0.25, 0.3) is 0 Å². The van der Waals surface area contributed by atoms with Crippen molar-refractivity contribution in [1.29, 1.82) is 0 Å². The molecule has 1 aliphatic rings. The molecule has 144 valence electrons. The Morgan fingerprint density at radius 3 is 2.23 bits per heavy atom. The van der Waals surface area contributed by atoms with Gasteiger partial charge in [-0.15, -0.1) is 0 Å². The molecule has 1 saturated heterocycles. The van der Waals surface area contributed by atoms with Gasteiger partial charge in [0, 0.05) is 24.2 Å². The number of nitrogens with one attached hydrogen (secondary N) is 1. The van der Waals surface area contributed by atoms with E-state index in [4.69, 9.17) is 9.47 Å². The molecule has 2 rings (SSSR count). The van der Waals surface area contributed by atoms with Crippen molar-refractivity contribution in [1.82, 2.24) is 10.2 Å². The van der Waals surface area contributed by atoms with Crippen LogP contribution < -0.4 is 14.8 Å². The summed E-state index contributed by atoms with van der Waals surface area (Å²) in [6, 6.07) is 4.65. The van der Waals surface area contributed by atoms with Crippen molar-refractivity contribution in [3.63, 3.8) is 0 Å². The first-order valence-corrected chi connectivity index (χ1v) is 9.21. The molecule has 2 atom stereocenters. The summed E-state index contributed by atoms with van der Waals surface area (Å²) in [6.45, 7) is 6.72. The topological polar surface area (TPSA) is 67.9 Å². The van der Waals surface area contributed by atoms with Gasteiger partial charge >= 0.3 is 0 Å². The van der Waals surface area contributed by atoms with Gasteiger partial charge in [-0.1, -0.05) is 13.8 Å². The van der Waals surface area contributed by atoms with Gasteiger partial charge < -0.3 is 19.7 Å². The molecule has 26 heavy (non-hydrogen) atoms. The fourth-order valence-electron chi connectivity index (χ4n) is 3.28. The van der Waals surface area contributed by atoms with Crippen LogP contribution in [0.1, 0.15) is 50.4 Å². The molecule has 0 saturated carbocycles. The molecule has 0 spiro atoms. The van der Waals surface area contributed by atoms with Crippen molar-refractivity contribution in [2.75, 3.05) is 20.8 Å². The largest absolute Gasteiger partial charge is 0.497 e. The summed E-state index contributed by atoms with van der Waals surface area (Å²) >= 11 is 0. The van der Waals surface area contributed by atoms with E-state index < -0.39 is 6.04 Å². The van der Waals surface area contributed by atoms with Gasteiger partial charge in [0.15, 0.2) is 0 Å². The molecule has 1 aliphatic heterocycles. The molecule has 0 bridgehead atoms. The number of rotatable bonds is 6. The Bertz CT molecular complexity index is 622. The van der Waals surface area contributed by atoms with Crippen LogP contribution in [-0.2, 0) is 4.79 Å². The maximum absolute atomic E-state index is 13.0. The normalized spacial score (nSPS) is 18.4. The molecule has 6 nitrogen and oxygen atoms in total. The van der Waals surface area contributed by atoms with Gasteiger partial charge in [0.1, 0.15) is 17.5 Å². The predicted molar refractivity (Wildman–Crippen MR) is 101 cm³/mol. The number of hydrogen-bond acceptors (Lipinski definition) is 4. The van der Waals surface area contributed by atoms with E-state index in [0.717, 1.165) is 25.8 Å². The quantitative estimate of drug-likeness (QED) is 0.845. The van der Waals surface area contributed by atoms with Gasteiger partial charge in [0.2, 0.25) is 5.91 Å². The van der Waals surface area contributed by atoms with Gasteiger partial charge in [0.05, 0.1) is 14.2 Å². The third-order valence-electron chi connectivity index (χ3n) is 4.92. The Kier molecular flexibility index (Phi) is 6.89. The fraction of sp³-hybridized carbons (Fsp3) is 0.600. The lowest BCUT2D eigenvalue weighted by molar-refractivity contribution is -0.137. The van der Waals surface area contributed by atoms with E-state index in [0.29, 0.717) is 17.1 Å². The van der Waals surface area contributed by atoms with E-state index in [1.807, 2.05) is 18.7 Å². The second kappa shape index (κ2) is 8.92. The van der Waals surface area contributed by atoms with Crippen molar-refractivity contribution >= 4 is 11.8 Å². The van der Waals surface area contributed by atoms with Crippen molar-refractivity contribution in [2.45, 2.75) is 52.1 Å². The number of carbonyl (C=O) groups excluding carboxylic acids is 2. The monoisotopic (exact) mass is 362 g/mol. The summed E-state index contributed by atoms with van der Waals surface area (Å²) in [5, 5.41) is 2.91. The summed E-state index contributed by atoms with van der Waals surface area (Å²) in [7, 11) is 3.07. The van der Waals surface area contributed by atoms with Crippen molar-refractivity contribution in [3.8, 4) is 11.5 Å². The number of amides is 2. The molecule has 2 amide bonds. The van der Waals surface area contributed by atoms with Crippen LogP contribution >= 0.6 is 0 Å². The molecule has 1 heterocycles. The number of nitrogens with zero attached hydrogens (tertiary/aromatic N) is 1. The third kappa shape index (κ3) is 4.68. The molecule has 1 aromatic carbocycles. The SMILES string of the molecule is COc1cc(OC)cc(C(=O)NC(C(=O)N2CCCCC2C)C(C)C)c1. The zero-order valence-electron chi connectivity index (χ0n) is 16.4. The lowest BCUT2D eigenvalue weighted by Gasteiger charge is -2.37. The van der Waals surface area contributed by atoms with Crippen LogP contribution in [0.3, 0.4) is 0 Å². The number of likely N-dealkylation sites (tertiary alicyclic amines) is 1. The van der Waals surface area contributed by atoms with Crippen LogP contribution in [0.5, 0.6) is 11.5 Å². The van der Waals surface area contributed by atoms with Gasteiger partial charge in [-0.2, -0.15) is 0 Å². The molecular formula is C20H30N2O4. The minimum atomic E-state index is -0.555. The Labute approximate surface area is 155 Å². The minimum Gasteiger partial charge on any atom is -0.497 e. The van der Waals surface area contributed by atoms with Crippen LogP contribution in [0.4, 0.5) is 0 Å². The maximum Gasteiger partial charge on any atom is 0.252 e. The maximum atomic E-state index is 13.0. The first-order chi connectivity index (χ1) is 12.4. The lowest BCUT2D eigenvalue weighted by Crippen LogP contribution is -2.54. The van der Waals surface area contributed by atoms with E-state index in [2.05, 4.69) is 12.2 Å². The standard InChI is InChI=1S/C20H30N2O4/c1-13(2)18(20(24)22-9-7-6-8-14(22)3)21-19(23)15-10-16(25-4)12-17(11-15)26-5/h10-14,18H,6-9H2,1-5H3,(H,21,23). The predicted octanol–water partition coefficient (Wildman–Crippen LogP) is 2.86. The van der Waals surface area contributed by atoms with Gasteiger partial charge in [-0.25, -0.2) is 0 Å². The highest BCUT2D eigenvalue weighted by molar-refractivity contribution is 5.98. The van der Waals surface area contributed by atoms with Crippen LogP contribution in [0.15, 0.2) is 18.2 Å². The van der Waals surface area contributed by atoms with Crippen molar-refractivity contribution in [2.24, 2.45) is 5.92 Å². The number of benzene rings is 1. The van der Waals surface area contributed by atoms with E-state index in [1.165, 1.54) is 14.2 Å². The molecule has 0 aliphatic carbocycles. The van der Waals surface area contributed by atoms with E-state index in [1.54, 1.807) is 18.2 Å². The highest BCUT2D eigenvalue weighted by atomic mass is 16.5. The molecule has 0 aromatic heterocycles. The first-order valence-electron chi connectivity index (χ1n) is 9.21. The second-order valence-corrected chi connectivity index (χ2v) is 7.17. The summed E-state index contributed by atoms with van der Waals surface area (Å²) in [5.74, 6) is 0.751. The van der Waals surface area contributed by atoms with Crippen molar-refractivity contribution < 1.29 is 19.1 Å². The molecule has 0 radical (unpaired) electrons. The molecular weight excluding hydrogens is 332 g/mol. The van der Waals surface area contributed by atoms with Gasteiger partial charge in [-0.3, -0.25) is 9.59 Å².